The molecule has 0 spiro atoms. The Morgan fingerprint density at radius 2 is 1.81 bits per heavy atom. The first-order valence-corrected chi connectivity index (χ1v) is 10.4. The zero-order valence-corrected chi connectivity index (χ0v) is 18.0. The van der Waals surface area contributed by atoms with Crippen LogP contribution in [0.15, 0.2) is 48.2 Å². The molecule has 1 saturated heterocycles. The number of carbonyl (C=O) groups is 2. The van der Waals surface area contributed by atoms with Crippen molar-refractivity contribution < 1.29 is 28.6 Å². The van der Waals surface area contributed by atoms with Gasteiger partial charge in [-0.1, -0.05) is 12.1 Å². The normalized spacial score (nSPS) is 19.1. The highest BCUT2D eigenvalue weighted by Gasteiger charge is 2.44. The number of halogens is 1. The van der Waals surface area contributed by atoms with E-state index in [0.29, 0.717) is 35.8 Å². The van der Waals surface area contributed by atoms with E-state index in [9.17, 15) is 19.1 Å². The predicted octanol–water partition coefficient (Wildman–Crippen LogP) is 2.83. The average Bonchev–Trinajstić information content (AvgIpc) is 3.08. The molecule has 168 valence electrons. The Balaban J connectivity index is 1.82. The van der Waals surface area contributed by atoms with Gasteiger partial charge >= 0.3 is 0 Å². The van der Waals surface area contributed by atoms with Gasteiger partial charge in [0.25, 0.3) is 11.8 Å². The molecular weight excluding hydrogens is 415 g/mol. The Kier molecular flexibility index (Phi) is 6.14. The molecule has 2 aliphatic rings. The molecule has 2 aliphatic heterocycles. The van der Waals surface area contributed by atoms with Gasteiger partial charge in [-0.2, -0.15) is 0 Å². The molecule has 0 bridgehead atoms. The van der Waals surface area contributed by atoms with Gasteiger partial charge in [-0.25, -0.2) is 9.29 Å². The van der Waals surface area contributed by atoms with Crippen LogP contribution in [0, 0.1) is 11.7 Å². The van der Waals surface area contributed by atoms with Crippen LogP contribution in [0.3, 0.4) is 0 Å². The molecule has 0 radical (unpaired) electrons. The molecule has 1 fully saturated rings. The highest BCUT2D eigenvalue weighted by Crippen LogP contribution is 2.40. The lowest BCUT2D eigenvalue weighted by Crippen LogP contribution is -2.40. The van der Waals surface area contributed by atoms with Crippen LogP contribution < -0.4 is 14.4 Å². The minimum absolute atomic E-state index is 0.00775. The number of imide groups is 1. The molecule has 0 aliphatic carbocycles. The highest BCUT2D eigenvalue weighted by atomic mass is 19.1. The van der Waals surface area contributed by atoms with E-state index in [4.69, 9.17) is 9.47 Å². The molecule has 1 unspecified atom stereocenters. The first-order chi connectivity index (χ1) is 15.5. The van der Waals surface area contributed by atoms with Crippen molar-refractivity contribution in [1.29, 1.82) is 0 Å². The van der Waals surface area contributed by atoms with Crippen LogP contribution in [-0.4, -0.2) is 55.7 Å². The summed E-state index contributed by atoms with van der Waals surface area (Å²) >= 11 is 0. The fourth-order valence-corrected chi connectivity index (χ4v) is 4.29. The molecule has 0 aromatic heterocycles. The Bertz CT molecular complexity index is 1070. The van der Waals surface area contributed by atoms with Crippen LogP contribution in [0.4, 0.5) is 10.1 Å². The van der Waals surface area contributed by atoms with E-state index in [-0.39, 0.29) is 23.8 Å². The number of hydrogen-bond donors (Lipinski definition) is 1. The number of aliphatic hydroxyl groups excluding tert-OH is 1. The van der Waals surface area contributed by atoms with Gasteiger partial charge in [0.2, 0.25) is 0 Å². The number of likely N-dealkylation sites (tertiary alicyclic amines) is 1. The number of anilines is 1. The van der Waals surface area contributed by atoms with Crippen molar-refractivity contribution in [1.82, 2.24) is 4.90 Å². The summed E-state index contributed by atoms with van der Waals surface area (Å²) in [5, 5.41) is 9.66. The SMILES string of the molecule is COc1ccc(N2C(=O)C(c3ccc(F)cc3)=C(N3CCCC(CO)C3)C2=O)c(OC)c1. The van der Waals surface area contributed by atoms with Crippen molar-refractivity contribution in [2.24, 2.45) is 5.92 Å². The number of carbonyl (C=O) groups excluding carboxylic acids is 2. The summed E-state index contributed by atoms with van der Waals surface area (Å²) in [6.45, 7) is 1.06. The summed E-state index contributed by atoms with van der Waals surface area (Å²) in [4.78, 5) is 30.2. The van der Waals surface area contributed by atoms with Crippen molar-refractivity contribution in [3.05, 3.63) is 59.5 Å². The van der Waals surface area contributed by atoms with Gasteiger partial charge in [-0.15, -0.1) is 0 Å². The number of rotatable bonds is 6. The van der Waals surface area contributed by atoms with Gasteiger partial charge in [-0.05, 0) is 48.6 Å². The number of nitrogens with zero attached hydrogens (tertiary/aromatic N) is 2. The molecule has 1 atom stereocenters. The quantitative estimate of drug-likeness (QED) is 0.696. The molecule has 2 aromatic carbocycles. The minimum atomic E-state index is -0.508. The van der Waals surface area contributed by atoms with E-state index in [0.717, 1.165) is 17.7 Å². The summed E-state index contributed by atoms with van der Waals surface area (Å²) in [7, 11) is 2.97. The van der Waals surface area contributed by atoms with E-state index in [2.05, 4.69) is 0 Å². The minimum Gasteiger partial charge on any atom is -0.497 e. The van der Waals surface area contributed by atoms with Crippen molar-refractivity contribution in [3.63, 3.8) is 0 Å². The Morgan fingerprint density at radius 3 is 2.47 bits per heavy atom. The lowest BCUT2D eigenvalue weighted by atomic mass is 9.97. The molecule has 0 saturated carbocycles. The van der Waals surface area contributed by atoms with E-state index in [1.54, 1.807) is 18.2 Å². The van der Waals surface area contributed by atoms with E-state index in [1.165, 1.54) is 38.5 Å². The zero-order chi connectivity index (χ0) is 22.8. The summed E-state index contributed by atoms with van der Waals surface area (Å²) in [6, 6.07) is 10.4. The highest BCUT2D eigenvalue weighted by molar-refractivity contribution is 6.45. The van der Waals surface area contributed by atoms with Crippen molar-refractivity contribution >= 4 is 23.1 Å². The van der Waals surface area contributed by atoms with Gasteiger partial charge in [-0.3, -0.25) is 9.59 Å². The van der Waals surface area contributed by atoms with E-state index in [1.807, 2.05) is 4.90 Å². The zero-order valence-electron chi connectivity index (χ0n) is 18.0. The van der Waals surface area contributed by atoms with E-state index < -0.39 is 17.6 Å². The van der Waals surface area contributed by atoms with Crippen molar-refractivity contribution in [3.8, 4) is 11.5 Å². The van der Waals surface area contributed by atoms with Crippen LogP contribution in [0.1, 0.15) is 18.4 Å². The summed E-state index contributed by atoms with van der Waals surface area (Å²) < 4.78 is 24.2. The number of benzene rings is 2. The smallest absolute Gasteiger partial charge is 0.282 e. The molecule has 1 N–H and O–H groups in total. The fraction of sp³-hybridized carbons (Fsp3) is 0.333. The third-order valence-corrected chi connectivity index (χ3v) is 5.91. The average molecular weight is 440 g/mol. The summed E-state index contributed by atoms with van der Waals surface area (Å²) in [6.07, 6.45) is 1.64. The fourth-order valence-electron chi connectivity index (χ4n) is 4.29. The second kappa shape index (κ2) is 9.00. The standard InChI is InChI=1S/C24H25FN2O5/c1-31-18-9-10-19(20(12-18)32-2)27-23(29)21(16-5-7-17(25)8-6-16)22(24(27)30)26-11-3-4-15(13-26)14-28/h5-10,12,15,28H,3-4,11,13-14H2,1-2H3. The van der Waals surface area contributed by atoms with Gasteiger partial charge < -0.3 is 19.5 Å². The first-order valence-electron chi connectivity index (χ1n) is 10.4. The molecule has 2 heterocycles. The van der Waals surface area contributed by atoms with Crippen molar-refractivity contribution in [2.45, 2.75) is 12.8 Å². The molecule has 2 aromatic rings. The van der Waals surface area contributed by atoms with Gasteiger partial charge in [0.15, 0.2) is 0 Å². The maximum Gasteiger partial charge on any atom is 0.282 e. The number of amides is 2. The van der Waals surface area contributed by atoms with Gasteiger partial charge in [0, 0.05) is 25.8 Å². The second-order valence-electron chi connectivity index (χ2n) is 7.85. The maximum absolute atomic E-state index is 13.7. The summed E-state index contributed by atoms with van der Waals surface area (Å²) in [5.74, 6) is -0.559. The molecule has 7 nitrogen and oxygen atoms in total. The van der Waals surface area contributed by atoms with E-state index >= 15 is 0 Å². The number of piperidine rings is 1. The topological polar surface area (TPSA) is 79.3 Å². The number of ether oxygens (including phenoxy) is 2. The van der Waals surface area contributed by atoms with Crippen molar-refractivity contribution in [2.75, 3.05) is 38.8 Å². The van der Waals surface area contributed by atoms with Gasteiger partial charge in [0.1, 0.15) is 23.0 Å². The Hall–Kier alpha value is -3.39. The third-order valence-electron chi connectivity index (χ3n) is 5.91. The Labute approximate surface area is 185 Å². The van der Waals surface area contributed by atoms with Gasteiger partial charge in [0.05, 0.1) is 25.5 Å². The molecule has 32 heavy (non-hydrogen) atoms. The molecule has 4 rings (SSSR count). The van der Waals surface area contributed by atoms with Crippen LogP contribution in [0.2, 0.25) is 0 Å². The van der Waals surface area contributed by atoms with Crippen LogP contribution in [-0.2, 0) is 9.59 Å². The summed E-state index contributed by atoms with van der Waals surface area (Å²) in [5.41, 5.74) is 1.23. The molecule has 8 heteroatoms. The first kappa shape index (κ1) is 21.8. The monoisotopic (exact) mass is 440 g/mol. The predicted molar refractivity (Wildman–Crippen MR) is 117 cm³/mol. The molecule has 2 amide bonds. The lowest BCUT2D eigenvalue weighted by Gasteiger charge is -2.34. The third kappa shape index (κ3) is 3.82. The van der Waals surface area contributed by atoms with Crippen LogP contribution >= 0.6 is 0 Å². The lowest BCUT2D eigenvalue weighted by molar-refractivity contribution is -0.120. The second-order valence-corrected chi connectivity index (χ2v) is 7.85. The van der Waals surface area contributed by atoms with Crippen LogP contribution in [0.5, 0.6) is 11.5 Å². The Morgan fingerprint density at radius 1 is 1.06 bits per heavy atom. The maximum atomic E-state index is 13.7. The number of aliphatic hydroxyl groups is 1. The van der Waals surface area contributed by atoms with Crippen LogP contribution in [0.25, 0.3) is 5.57 Å². The molecular formula is C24H25FN2O5. The number of hydrogen-bond acceptors (Lipinski definition) is 6. The largest absolute Gasteiger partial charge is 0.497 e. The number of methoxy groups -OCH3 is 2.